The summed E-state index contributed by atoms with van der Waals surface area (Å²) < 4.78 is 35.2. The lowest BCUT2D eigenvalue weighted by Gasteiger charge is -2.36. The second-order valence-corrected chi connectivity index (χ2v) is 24.7. The van der Waals surface area contributed by atoms with E-state index in [1.165, 1.54) is 81.8 Å². The van der Waals surface area contributed by atoms with Gasteiger partial charge in [0.2, 0.25) is 29.4 Å². The van der Waals surface area contributed by atoms with Crippen LogP contribution in [0.2, 0.25) is 0 Å². The van der Waals surface area contributed by atoms with Gasteiger partial charge in [-0.05, 0) is 137 Å². The highest BCUT2D eigenvalue weighted by Gasteiger charge is 2.43. The third-order valence-corrected chi connectivity index (χ3v) is 16.4. The van der Waals surface area contributed by atoms with Crippen molar-refractivity contribution in [1.82, 2.24) is 30.2 Å². The highest BCUT2D eigenvalue weighted by atomic mass is 16.5. The number of Topliss-reactive ketones (excluding diaryl/α,β-unsaturated/α-hetero) is 1. The van der Waals surface area contributed by atoms with Crippen LogP contribution in [0.15, 0.2) is 127 Å². The van der Waals surface area contributed by atoms with Crippen molar-refractivity contribution >= 4 is 63.9 Å². The van der Waals surface area contributed by atoms with E-state index in [4.69, 9.17) is 28.4 Å². The molecule has 7 rings (SSSR count). The number of ether oxygens (including phenoxy) is 6. The highest BCUT2D eigenvalue weighted by molar-refractivity contribution is 6.38. The number of cyclic esters (lactones) is 2. The van der Waals surface area contributed by atoms with Crippen LogP contribution in [-0.2, 0) is 70.2 Å². The molecule has 2 N–H and O–H groups in total. The average molecular weight is 1250 g/mol. The molecule has 2 aliphatic heterocycles. The Kier molecular flexibility index (Phi) is 24.1. The molecule has 0 saturated carbocycles. The fourth-order valence-corrected chi connectivity index (χ4v) is 10.6. The molecule has 2 heterocycles. The molecule has 0 aliphatic carbocycles. The van der Waals surface area contributed by atoms with Crippen molar-refractivity contribution in [2.75, 3.05) is 68.3 Å². The quantitative estimate of drug-likeness (QED) is 0.102. The van der Waals surface area contributed by atoms with Crippen LogP contribution in [0.3, 0.4) is 0 Å². The van der Waals surface area contributed by atoms with Gasteiger partial charge < -0.3 is 58.7 Å². The lowest BCUT2D eigenvalue weighted by Crippen LogP contribution is -2.59. The van der Waals surface area contributed by atoms with Gasteiger partial charge in [0.05, 0.1) is 31.8 Å². The van der Waals surface area contributed by atoms with Crippen molar-refractivity contribution in [3.63, 3.8) is 0 Å². The van der Waals surface area contributed by atoms with Crippen molar-refractivity contribution in [2.45, 2.75) is 128 Å². The number of fused-ring (bicyclic) bond motifs is 4. The SMILES string of the molecule is COc1ccc(CC[C@H]2OC(=O)[C@@H]3CCCCN3C(=O)C(=O)C(C)(C)COC(=O)C=CCCN(C)C(=O)C(c3ccccc3)NC(=O)[C@H](COC(C)(C)C)N(C)C(=O)[C@H](Cc3ccc4ccccc4c3)NC(=O)[C@H](C)N(C)C(=O)COc3cccc2c3)cc1OC. The smallest absolute Gasteiger partial charge is 0.330 e. The number of aryl methyl sites for hydroxylation is 1. The second-order valence-electron chi connectivity index (χ2n) is 24.7. The minimum absolute atomic E-state index is 0.0283. The zero-order valence-corrected chi connectivity index (χ0v) is 54.0. The monoisotopic (exact) mass is 1250 g/mol. The number of benzene rings is 5. The summed E-state index contributed by atoms with van der Waals surface area (Å²) in [6.07, 6.45) is 3.73. The maximum absolute atomic E-state index is 15.2. The Bertz CT molecular complexity index is 3450. The van der Waals surface area contributed by atoms with Gasteiger partial charge in [-0.25, -0.2) is 9.59 Å². The number of amides is 6. The Balaban J connectivity index is 1.22. The van der Waals surface area contributed by atoms with Crippen molar-refractivity contribution in [3.8, 4) is 17.2 Å². The maximum Gasteiger partial charge on any atom is 0.330 e. The number of esters is 2. The van der Waals surface area contributed by atoms with Gasteiger partial charge in [0.15, 0.2) is 18.1 Å². The standard InChI is InChI=1S/C70H86N6O15/c1-45-63(80)71-53(39-47-30-33-48-22-15-16-25-50(48)38-47)65(82)75(9)55(42-90-69(2,3)4)64(81)72-61(49-23-13-12-14-24-49)66(83)73(7)36-19-18-29-60(78)89-44-70(5,6)62(79)67(84)76-37-20-17-28-54(76)68(85)91-56(34-31-46-32-35-57(86-10)58(40-46)87-11)51-26-21-27-52(41-51)88-43-59(77)74(45)8/h12-16,18,21-27,29-30,32-33,35,38,40-41,45,53-56,61H,17,19-20,28,31,34,36-37,39,42-44H2,1-11H3,(H,71,80)(H,72,81)/t45-,53-,54-,55-,56+,61?/m0/s1. The Labute approximate surface area is 532 Å². The number of nitrogens with one attached hydrogen (secondary N) is 2. The number of methoxy groups -OCH3 is 2. The van der Waals surface area contributed by atoms with Crippen LogP contribution in [-0.4, -0.2) is 171 Å². The van der Waals surface area contributed by atoms with Crippen LogP contribution < -0.4 is 24.8 Å². The van der Waals surface area contributed by atoms with E-state index in [-0.39, 0.29) is 51.1 Å². The average Bonchev–Trinajstić information content (AvgIpc) is 1.20. The van der Waals surface area contributed by atoms with E-state index in [2.05, 4.69) is 10.6 Å². The number of ketones is 1. The molecule has 0 radical (unpaired) electrons. The summed E-state index contributed by atoms with van der Waals surface area (Å²) in [5, 5.41) is 7.63. The first-order chi connectivity index (χ1) is 43.3. The van der Waals surface area contributed by atoms with Gasteiger partial charge in [0.25, 0.3) is 11.8 Å². The zero-order chi connectivity index (χ0) is 66.2. The number of rotatable bonds is 10. The normalized spacial score (nSPS) is 22.0. The highest BCUT2D eigenvalue weighted by Crippen LogP contribution is 2.33. The number of hydrogen-bond donors (Lipinski definition) is 2. The molecule has 91 heavy (non-hydrogen) atoms. The number of carbonyl (C=O) groups excluding carboxylic acids is 9. The van der Waals surface area contributed by atoms with Gasteiger partial charge in [0, 0.05) is 46.7 Å². The van der Waals surface area contributed by atoms with E-state index in [1.54, 1.807) is 81.4 Å². The van der Waals surface area contributed by atoms with Gasteiger partial charge >= 0.3 is 11.9 Å². The minimum Gasteiger partial charge on any atom is -0.493 e. The fraction of sp³-hybridized carbons (Fsp3) is 0.443. The van der Waals surface area contributed by atoms with Crippen molar-refractivity contribution < 1.29 is 71.6 Å². The molecule has 6 atom stereocenters. The summed E-state index contributed by atoms with van der Waals surface area (Å²) in [6.45, 7) is 8.67. The van der Waals surface area contributed by atoms with Crippen LogP contribution in [0, 0.1) is 5.41 Å². The van der Waals surface area contributed by atoms with Crippen molar-refractivity contribution in [3.05, 3.63) is 150 Å². The third kappa shape index (κ3) is 18.7. The molecule has 1 saturated heterocycles. The van der Waals surface area contributed by atoms with E-state index >= 15 is 4.79 Å². The van der Waals surface area contributed by atoms with Gasteiger partial charge in [-0.2, -0.15) is 0 Å². The first-order valence-corrected chi connectivity index (χ1v) is 30.7. The third-order valence-electron chi connectivity index (χ3n) is 16.4. The van der Waals surface area contributed by atoms with Gasteiger partial charge in [-0.1, -0.05) is 97.1 Å². The van der Waals surface area contributed by atoms with Gasteiger partial charge in [0.1, 0.15) is 48.7 Å². The summed E-state index contributed by atoms with van der Waals surface area (Å²) in [7, 11) is 7.45. The Morgan fingerprint density at radius 2 is 1.37 bits per heavy atom. The summed E-state index contributed by atoms with van der Waals surface area (Å²) in [4.78, 5) is 134. The van der Waals surface area contributed by atoms with Crippen molar-refractivity contribution in [2.24, 2.45) is 5.41 Å². The maximum atomic E-state index is 15.2. The molecule has 0 spiro atoms. The number of carbonyl (C=O) groups is 9. The molecule has 6 amide bonds. The van der Waals surface area contributed by atoms with Crippen LogP contribution in [0.25, 0.3) is 10.8 Å². The van der Waals surface area contributed by atoms with E-state index in [9.17, 15) is 38.4 Å². The molecule has 5 aromatic carbocycles. The van der Waals surface area contributed by atoms with E-state index in [1.807, 2.05) is 54.6 Å². The molecular formula is C70H86N6O15. The van der Waals surface area contributed by atoms with E-state index in [0.29, 0.717) is 47.5 Å². The number of nitrogens with zero attached hydrogens (tertiary/aromatic N) is 4. The second kappa shape index (κ2) is 31.6. The van der Waals surface area contributed by atoms with Crippen molar-refractivity contribution in [1.29, 1.82) is 0 Å². The number of likely N-dealkylation sites (N-methyl/N-ethyl adjacent to an activating group) is 3. The fourth-order valence-electron chi connectivity index (χ4n) is 10.6. The number of piperidine rings is 1. The molecule has 486 valence electrons. The largest absolute Gasteiger partial charge is 0.493 e. The predicted octanol–water partition coefficient (Wildman–Crippen LogP) is 7.46. The predicted molar refractivity (Wildman–Crippen MR) is 341 cm³/mol. The molecule has 1 unspecified atom stereocenters. The lowest BCUT2D eigenvalue weighted by molar-refractivity contribution is -0.165. The van der Waals surface area contributed by atoms with E-state index in [0.717, 1.165) is 22.4 Å². The first kappa shape index (κ1) is 69.4. The molecule has 21 heteroatoms. The number of hydrogen-bond acceptors (Lipinski definition) is 15. The molecule has 1 fully saturated rings. The van der Waals surface area contributed by atoms with Gasteiger partial charge in [-0.15, -0.1) is 0 Å². The Hall–Kier alpha value is -9.11. The molecular weight excluding hydrogens is 1160 g/mol. The summed E-state index contributed by atoms with van der Waals surface area (Å²) in [5.41, 5.74) is 0.134. The minimum atomic E-state index is -1.52. The lowest BCUT2D eigenvalue weighted by atomic mass is 9.87. The topological polar surface area (TPSA) is 246 Å². The first-order valence-electron chi connectivity index (χ1n) is 30.7. The van der Waals surface area contributed by atoms with Crippen LogP contribution in [0.1, 0.15) is 108 Å². The zero-order valence-electron chi connectivity index (χ0n) is 54.0. The summed E-state index contributed by atoms with van der Waals surface area (Å²) in [6, 6.07) is 27.8. The summed E-state index contributed by atoms with van der Waals surface area (Å²) in [5.74, 6) is -5.33. The Morgan fingerprint density at radius 1 is 0.681 bits per heavy atom. The van der Waals surface area contributed by atoms with Crippen LogP contribution >= 0.6 is 0 Å². The van der Waals surface area contributed by atoms with Crippen LogP contribution in [0.5, 0.6) is 17.2 Å². The molecule has 5 aromatic rings. The molecule has 21 nitrogen and oxygen atoms in total. The van der Waals surface area contributed by atoms with Crippen LogP contribution in [0.4, 0.5) is 0 Å². The molecule has 2 aliphatic rings. The Morgan fingerprint density at radius 3 is 2.09 bits per heavy atom. The molecule has 2 bridgehead atoms. The summed E-state index contributed by atoms with van der Waals surface area (Å²) >= 11 is 0. The van der Waals surface area contributed by atoms with E-state index < -0.39 is 114 Å². The molecule has 0 aromatic heterocycles. The van der Waals surface area contributed by atoms with Gasteiger partial charge in [-0.3, -0.25) is 33.6 Å².